The second-order valence-corrected chi connectivity index (χ2v) is 3.29. The summed E-state index contributed by atoms with van der Waals surface area (Å²) in [5.41, 5.74) is 1.70. The lowest BCUT2D eigenvalue weighted by Crippen LogP contribution is -2.23. The Morgan fingerprint density at radius 2 is 1.24 bits per heavy atom. The van der Waals surface area contributed by atoms with Crippen molar-refractivity contribution in [3.63, 3.8) is 0 Å². The molecule has 0 heterocycles. The van der Waals surface area contributed by atoms with Crippen LogP contribution in [0, 0.1) is 0 Å². The number of carbonyl (C=O) groups is 1. The smallest absolute Gasteiger partial charge is 0.247 e. The van der Waals surface area contributed by atoms with Crippen molar-refractivity contribution >= 4 is 18.4 Å². The van der Waals surface area contributed by atoms with Crippen LogP contribution in [-0.2, 0) is 0 Å². The van der Waals surface area contributed by atoms with Crippen LogP contribution in [0.25, 0.3) is 0 Å². The van der Waals surface area contributed by atoms with Crippen LogP contribution in [0.1, 0.15) is 10.4 Å². The van der Waals surface area contributed by atoms with Crippen molar-refractivity contribution in [1.82, 2.24) is 0 Å². The van der Waals surface area contributed by atoms with Crippen molar-refractivity contribution < 1.29 is 15.7 Å². The number of hydrogen-bond acceptors (Lipinski definition) is 1. The molecular weight excluding hydrogens is 215 g/mol. The van der Waals surface area contributed by atoms with Crippen molar-refractivity contribution in [3.05, 3.63) is 66.2 Å². The zero-order valence-corrected chi connectivity index (χ0v) is 9.26. The normalized spacial score (nSPS) is 8.47. The van der Waals surface area contributed by atoms with E-state index in [1.165, 1.54) is 0 Å². The molecule has 2 aromatic carbocycles. The van der Waals surface area contributed by atoms with Gasteiger partial charge in [-0.25, -0.2) is 0 Å². The third-order valence-corrected chi connectivity index (χ3v) is 2.16. The quantitative estimate of drug-likeness (QED) is 0.692. The fraction of sp³-hybridized carbons (Fsp3) is 0. The first-order valence-electron chi connectivity index (χ1n) is 4.85. The zero-order chi connectivity index (χ0) is 10.5. The Kier molecular flexibility index (Phi) is 6.55. The van der Waals surface area contributed by atoms with Crippen molar-refractivity contribution in [2.75, 3.05) is 0 Å². The maximum absolute atomic E-state index is 11.8. The first-order chi connectivity index (χ1) is 7.36. The Balaban J connectivity index is 0.00000128. The number of hydrogen-bond donors (Lipinski definition) is 0. The van der Waals surface area contributed by atoms with Crippen LogP contribution in [0.4, 0.5) is 0 Å². The summed E-state index contributed by atoms with van der Waals surface area (Å²) in [5, 5.41) is 0. The highest BCUT2D eigenvalue weighted by atomic mass is 16.1. The minimum absolute atomic E-state index is 0. The predicted octanol–water partition coefficient (Wildman–Crippen LogP) is 0.207. The molecule has 0 aromatic heterocycles. The molecule has 0 aliphatic carbocycles. The summed E-state index contributed by atoms with van der Waals surface area (Å²) >= 11 is 0. The van der Waals surface area contributed by atoms with E-state index in [1.807, 2.05) is 60.7 Å². The highest BCUT2D eigenvalue weighted by Crippen LogP contribution is 1.98. The van der Waals surface area contributed by atoms with Gasteiger partial charge in [-0.2, -0.15) is 0 Å². The summed E-state index contributed by atoms with van der Waals surface area (Å²) in [6.45, 7) is 0. The van der Waals surface area contributed by atoms with Crippen molar-refractivity contribution in [2.24, 2.45) is 0 Å². The van der Waals surface area contributed by atoms with Gasteiger partial charge in [0, 0.05) is 5.56 Å². The summed E-state index contributed by atoms with van der Waals surface area (Å²) in [5.74, 6) is 0. The summed E-state index contributed by atoms with van der Waals surface area (Å²) in [4.78, 5) is 11.8. The van der Waals surface area contributed by atoms with Gasteiger partial charge in [0.15, 0.2) is 0 Å². The largest absolute Gasteiger partial charge is 0.412 e. The first-order valence-corrected chi connectivity index (χ1v) is 4.85. The SMILES string of the molecule is O.O.O=C([B]c1ccccc1)c1ccccc1. The molecule has 0 amide bonds. The molecule has 2 aromatic rings. The molecular formula is C13H14BO3. The standard InChI is InChI=1S/C13H10BO.2H2O/c15-13(11-7-3-1-4-8-11)14-12-9-5-2-6-10-12;;/h1-10H;2*1H2. The number of rotatable bonds is 3. The highest BCUT2D eigenvalue weighted by molar-refractivity contribution is 6.86. The van der Waals surface area contributed by atoms with E-state index in [0.29, 0.717) is 0 Å². The fourth-order valence-electron chi connectivity index (χ4n) is 1.39. The molecule has 4 heteroatoms. The van der Waals surface area contributed by atoms with E-state index < -0.39 is 0 Å². The molecule has 0 aliphatic heterocycles. The lowest BCUT2D eigenvalue weighted by molar-refractivity contribution is 0.107. The molecule has 0 fully saturated rings. The number of benzene rings is 2. The van der Waals surface area contributed by atoms with Gasteiger partial charge < -0.3 is 15.7 Å². The third-order valence-electron chi connectivity index (χ3n) is 2.16. The van der Waals surface area contributed by atoms with E-state index in [1.54, 1.807) is 7.28 Å². The Morgan fingerprint density at radius 1 is 0.765 bits per heavy atom. The molecule has 2 rings (SSSR count). The molecule has 1 radical (unpaired) electrons. The fourth-order valence-corrected chi connectivity index (χ4v) is 1.39. The van der Waals surface area contributed by atoms with Gasteiger partial charge in [-0.15, -0.1) is 0 Å². The number of carbonyl (C=O) groups excluding carboxylic acids is 1. The highest BCUT2D eigenvalue weighted by Gasteiger charge is 2.07. The summed E-state index contributed by atoms with van der Waals surface area (Å²) in [6.07, 6.45) is 0. The average molecular weight is 229 g/mol. The molecule has 0 saturated carbocycles. The van der Waals surface area contributed by atoms with Crippen LogP contribution in [0.3, 0.4) is 0 Å². The van der Waals surface area contributed by atoms with Crippen LogP contribution in [0.15, 0.2) is 60.7 Å². The molecule has 0 aliphatic rings. The van der Waals surface area contributed by atoms with Crippen LogP contribution >= 0.6 is 0 Å². The molecule has 87 valence electrons. The molecule has 4 N–H and O–H groups in total. The monoisotopic (exact) mass is 229 g/mol. The first kappa shape index (κ1) is 15.1. The Bertz CT molecular complexity index is 443. The van der Waals surface area contributed by atoms with Gasteiger partial charge in [-0.3, -0.25) is 0 Å². The van der Waals surface area contributed by atoms with Crippen molar-refractivity contribution in [1.29, 1.82) is 0 Å². The van der Waals surface area contributed by atoms with Gasteiger partial charge in [0.2, 0.25) is 7.28 Å². The molecule has 0 unspecified atom stereocenters. The summed E-state index contributed by atoms with van der Waals surface area (Å²) in [6, 6.07) is 18.9. The Hall–Kier alpha value is -1.91. The van der Waals surface area contributed by atoms with E-state index in [4.69, 9.17) is 0 Å². The van der Waals surface area contributed by atoms with Gasteiger partial charge in [0.25, 0.3) is 0 Å². The Labute approximate surface area is 101 Å². The Morgan fingerprint density at radius 3 is 1.76 bits per heavy atom. The van der Waals surface area contributed by atoms with Gasteiger partial charge in [-0.1, -0.05) is 66.1 Å². The molecule has 17 heavy (non-hydrogen) atoms. The van der Waals surface area contributed by atoms with E-state index in [-0.39, 0.29) is 16.6 Å². The van der Waals surface area contributed by atoms with E-state index in [2.05, 4.69) is 0 Å². The molecule has 3 nitrogen and oxygen atoms in total. The van der Waals surface area contributed by atoms with E-state index in [9.17, 15) is 4.79 Å². The average Bonchev–Trinajstić information content (AvgIpc) is 2.31. The van der Waals surface area contributed by atoms with Crippen LogP contribution in [0.5, 0.6) is 0 Å². The van der Waals surface area contributed by atoms with Gasteiger partial charge in [0.1, 0.15) is 5.68 Å². The van der Waals surface area contributed by atoms with Crippen LogP contribution in [-0.4, -0.2) is 23.9 Å². The van der Waals surface area contributed by atoms with E-state index >= 15 is 0 Å². The predicted molar refractivity (Wildman–Crippen MR) is 69.8 cm³/mol. The lowest BCUT2D eigenvalue weighted by atomic mass is 9.64. The van der Waals surface area contributed by atoms with Crippen LogP contribution < -0.4 is 5.46 Å². The maximum Gasteiger partial charge on any atom is 0.247 e. The third kappa shape index (κ3) is 4.22. The summed E-state index contributed by atoms with van der Waals surface area (Å²) < 4.78 is 0. The van der Waals surface area contributed by atoms with Gasteiger partial charge in [0.05, 0.1) is 0 Å². The summed E-state index contributed by atoms with van der Waals surface area (Å²) in [7, 11) is 1.65. The van der Waals surface area contributed by atoms with Gasteiger partial charge in [-0.05, 0) is 0 Å². The van der Waals surface area contributed by atoms with Crippen molar-refractivity contribution in [2.45, 2.75) is 0 Å². The van der Waals surface area contributed by atoms with Crippen molar-refractivity contribution in [3.8, 4) is 0 Å². The zero-order valence-electron chi connectivity index (χ0n) is 9.26. The molecule has 0 spiro atoms. The minimum atomic E-state index is 0. The second-order valence-electron chi connectivity index (χ2n) is 3.29. The molecule has 0 bridgehead atoms. The van der Waals surface area contributed by atoms with Gasteiger partial charge >= 0.3 is 0 Å². The molecule has 0 saturated heterocycles. The minimum Gasteiger partial charge on any atom is -0.412 e. The van der Waals surface area contributed by atoms with Crippen LogP contribution in [0.2, 0.25) is 0 Å². The topological polar surface area (TPSA) is 80.1 Å². The second kappa shape index (κ2) is 7.38. The van der Waals surface area contributed by atoms with E-state index in [0.717, 1.165) is 11.0 Å². The lowest BCUT2D eigenvalue weighted by Gasteiger charge is -1.99. The molecule has 0 atom stereocenters. The maximum atomic E-state index is 11.8.